The third kappa shape index (κ3) is 2.63. The molecule has 0 bridgehead atoms. The second-order valence-electron chi connectivity index (χ2n) is 6.07. The Hall–Kier alpha value is -2.16. The minimum atomic E-state index is -0.486. The van der Waals surface area contributed by atoms with E-state index in [1.54, 1.807) is 6.07 Å². The van der Waals surface area contributed by atoms with Crippen LogP contribution in [-0.4, -0.2) is 5.91 Å². The molecule has 1 N–H and O–H groups in total. The van der Waals surface area contributed by atoms with Crippen LogP contribution < -0.4 is 5.32 Å². The van der Waals surface area contributed by atoms with Crippen LogP contribution in [0.5, 0.6) is 0 Å². The maximum atomic E-state index is 13.4. The normalized spacial score (nSPS) is 16.5. The first-order chi connectivity index (χ1) is 10.6. The van der Waals surface area contributed by atoms with Crippen molar-refractivity contribution in [1.29, 1.82) is 0 Å². The predicted molar refractivity (Wildman–Crippen MR) is 86.4 cm³/mol. The zero-order valence-electron chi connectivity index (χ0n) is 12.7. The van der Waals surface area contributed by atoms with E-state index in [2.05, 4.69) is 5.32 Å². The van der Waals surface area contributed by atoms with Gasteiger partial charge in [0.15, 0.2) is 0 Å². The molecule has 1 amide bonds. The van der Waals surface area contributed by atoms with E-state index in [0.717, 1.165) is 36.8 Å². The van der Waals surface area contributed by atoms with Gasteiger partial charge < -0.3 is 5.32 Å². The largest absolute Gasteiger partial charge is 0.325 e. The number of hydrogen-bond donors (Lipinski definition) is 1. The van der Waals surface area contributed by atoms with Gasteiger partial charge >= 0.3 is 0 Å². The van der Waals surface area contributed by atoms with Gasteiger partial charge in [-0.15, -0.1) is 0 Å². The zero-order chi connectivity index (χ0) is 15.6. The molecule has 1 aliphatic rings. The molecule has 2 aromatic carbocycles. The van der Waals surface area contributed by atoms with Crippen molar-refractivity contribution in [1.82, 2.24) is 0 Å². The Labute approximate surface area is 130 Å². The number of amides is 1. The summed E-state index contributed by atoms with van der Waals surface area (Å²) < 4.78 is 13.4. The molecule has 0 atom stereocenters. The first-order valence-corrected chi connectivity index (χ1v) is 7.75. The van der Waals surface area contributed by atoms with Crippen LogP contribution in [0, 0.1) is 12.7 Å². The van der Waals surface area contributed by atoms with Crippen molar-refractivity contribution in [3.8, 4) is 0 Å². The van der Waals surface area contributed by atoms with Crippen molar-refractivity contribution >= 4 is 11.6 Å². The maximum absolute atomic E-state index is 13.4. The number of hydrogen-bond acceptors (Lipinski definition) is 1. The van der Waals surface area contributed by atoms with Crippen LogP contribution in [0.4, 0.5) is 10.1 Å². The Morgan fingerprint density at radius 1 is 1.09 bits per heavy atom. The number of benzene rings is 2. The third-order valence-electron chi connectivity index (χ3n) is 4.67. The standard InChI is InChI=1S/C19H20FNO/c1-14-9-10-16(20)13-17(14)21-18(22)19(11-5-6-12-19)15-7-3-2-4-8-15/h2-4,7-10,13H,5-6,11-12H2,1H3,(H,21,22). The zero-order valence-corrected chi connectivity index (χ0v) is 12.7. The molecule has 1 fully saturated rings. The highest BCUT2D eigenvalue weighted by Gasteiger charge is 2.42. The molecule has 114 valence electrons. The lowest BCUT2D eigenvalue weighted by Crippen LogP contribution is -2.38. The number of anilines is 1. The van der Waals surface area contributed by atoms with Crippen LogP contribution in [0.1, 0.15) is 36.8 Å². The van der Waals surface area contributed by atoms with Crippen molar-refractivity contribution in [2.75, 3.05) is 5.32 Å². The Bertz CT molecular complexity index is 675. The number of nitrogens with one attached hydrogen (secondary N) is 1. The smallest absolute Gasteiger partial charge is 0.235 e. The molecule has 3 heteroatoms. The second kappa shape index (κ2) is 5.91. The van der Waals surface area contributed by atoms with Crippen LogP contribution in [0.15, 0.2) is 48.5 Å². The minimum Gasteiger partial charge on any atom is -0.325 e. The molecule has 3 rings (SSSR count). The lowest BCUT2D eigenvalue weighted by molar-refractivity contribution is -0.121. The molecule has 0 saturated heterocycles. The van der Waals surface area contributed by atoms with Gasteiger partial charge in [0.05, 0.1) is 5.41 Å². The van der Waals surface area contributed by atoms with E-state index in [1.165, 1.54) is 12.1 Å². The number of carbonyl (C=O) groups is 1. The summed E-state index contributed by atoms with van der Waals surface area (Å²) in [6.07, 6.45) is 3.78. The van der Waals surface area contributed by atoms with Crippen molar-refractivity contribution in [3.63, 3.8) is 0 Å². The molecular weight excluding hydrogens is 277 g/mol. The molecule has 2 aromatic rings. The molecular formula is C19H20FNO. The van der Waals surface area contributed by atoms with Gasteiger partial charge in [-0.25, -0.2) is 4.39 Å². The summed E-state index contributed by atoms with van der Waals surface area (Å²) in [6, 6.07) is 14.4. The molecule has 22 heavy (non-hydrogen) atoms. The molecule has 0 aliphatic heterocycles. The average molecular weight is 297 g/mol. The number of halogens is 1. The van der Waals surface area contributed by atoms with Crippen molar-refractivity contribution in [3.05, 3.63) is 65.5 Å². The highest BCUT2D eigenvalue weighted by molar-refractivity contribution is 5.99. The molecule has 2 nitrogen and oxygen atoms in total. The lowest BCUT2D eigenvalue weighted by atomic mass is 9.78. The van der Waals surface area contributed by atoms with Crippen molar-refractivity contribution in [2.45, 2.75) is 38.0 Å². The van der Waals surface area contributed by atoms with Gasteiger partial charge in [0.1, 0.15) is 5.82 Å². The number of aryl methyl sites for hydroxylation is 1. The van der Waals surface area contributed by atoms with Crippen LogP contribution in [0.3, 0.4) is 0 Å². The molecule has 1 saturated carbocycles. The van der Waals surface area contributed by atoms with E-state index >= 15 is 0 Å². The minimum absolute atomic E-state index is 0.0232. The fourth-order valence-corrected chi connectivity index (χ4v) is 3.35. The van der Waals surface area contributed by atoms with Gasteiger partial charge in [-0.3, -0.25) is 4.79 Å². The van der Waals surface area contributed by atoms with Gasteiger partial charge in [0, 0.05) is 5.69 Å². The van der Waals surface area contributed by atoms with Gasteiger partial charge in [0.2, 0.25) is 5.91 Å². The van der Waals surface area contributed by atoms with Crippen LogP contribution in [-0.2, 0) is 10.2 Å². The van der Waals surface area contributed by atoms with Crippen LogP contribution >= 0.6 is 0 Å². The fraction of sp³-hybridized carbons (Fsp3) is 0.316. The monoisotopic (exact) mass is 297 g/mol. The number of carbonyl (C=O) groups excluding carboxylic acids is 1. The first-order valence-electron chi connectivity index (χ1n) is 7.75. The highest BCUT2D eigenvalue weighted by atomic mass is 19.1. The van der Waals surface area contributed by atoms with E-state index in [0.29, 0.717) is 5.69 Å². The van der Waals surface area contributed by atoms with E-state index in [9.17, 15) is 9.18 Å². The molecule has 0 unspecified atom stereocenters. The average Bonchev–Trinajstić information content (AvgIpc) is 3.03. The molecule has 0 heterocycles. The van der Waals surface area contributed by atoms with Crippen molar-refractivity contribution < 1.29 is 9.18 Å². The molecule has 0 aromatic heterocycles. The van der Waals surface area contributed by atoms with E-state index in [1.807, 2.05) is 37.3 Å². The Morgan fingerprint density at radius 2 is 1.77 bits per heavy atom. The van der Waals surface area contributed by atoms with Crippen LogP contribution in [0.25, 0.3) is 0 Å². The summed E-state index contributed by atoms with van der Waals surface area (Å²) >= 11 is 0. The summed E-state index contributed by atoms with van der Waals surface area (Å²) in [5.74, 6) is -0.356. The van der Waals surface area contributed by atoms with E-state index < -0.39 is 5.41 Å². The van der Waals surface area contributed by atoms with Gasteiger partial charge in [-0.05, 0) is 43.0 Å². The second-order valence-corrected chi connectivity index (χ2v) is 6.07. The van der Waals surface area contributed by atoms with Gasteiger partial charge in [0.25, 0.3) is 0 Å². The Balaban J connectivity index is 1.93. The quantitative estimate of drug-likeness (QED) is 0.882. The maximum Gasteiger partial charge on any atom is 0.235 e. The van der Waals surface area contributed by atoms with E-state index in [4.69, 9.17) is 0 Å². The first kappa shape index (κ1) is 14.8. The molecule has 0 radical (unpaired) electrons. The van der Waals surface area contributed by atoms with Crippen LogP contribution in [0.2, 0.25) is 0 Å². The summed E-state index contributed by atoms with van der Waals surface area (Å²) in [5.41, 5.74) is 2.00. The fourth-order valence-electron chi connectivity index (χ4n) is 3.35. The predicted octanol–water partition coefficient (Wildman–Crippen LogP) is 4.58. The third-order valence-corrected chi connectivity index (χ3v) is 4.67. The topological polar surface area (TPSA) is 29.1 Å². The van der Waals surface area contributed by atoms with Gasteiger partial charge in [-0.2, -0.15) is 0 Å². The molecule has 0 spiro atoms. The Kier molecular flexibility index (Phi) is 3.97. The molecule has 1 aliphatic carbocycles. The number of rotatable bonds is 3. The Morgan fingerprint density at radius 3 is 2.45 bits per heavy atom. The lowest BCUT2D eigenvalue weighted by Gasteiger charge is -2.28. The highest BCUT2D eigenvalue weighted by Crippen LogP contribution is 2.42. The summed E-state index contributed by atoms with van der Waals surface area (Å²) in [5, 5.41) is 2.95. The van der Waals surface area contributed by atoms with Gasteiger partial charge in [-0.1, -0.05) is 49.2 Å². The van der Waals surface area contributed by atoms with E-state index in [-0.39, 0.29) is 11.7 Å². The summed E-state index contributed by atoms with van der Waals surface area (Å²) in [6.45, 7) is 1.87. The van der Waals surface area contributed by atoms with Crippen molar-refractivity contribution in [2.24, 2.45) is 0 Å². The summed E-state index contributed by atoms with van der Waals surface area (Å²) in [4.78, 5) is 13.0. The SMILES string of the molecule is Cc1ccc(F)cc1NC(=O)C1(c2ccccc2)CCCC1. The summed E-state index contributed by atoms with van der Waals surface area (Å²) in [7, 11) is 0.